The number of fused-ring (bicyclic) bond motifs is 4. The van der Waals surface area contributed by atoms with Crippen molar-refractivity contribution in [2.75, 3.05) is 4.90 Å². The Morgan fingerprint density at radius 1 is 0.647 bits per heavy atom. The van der Waals surface area contributed by atoms with Gasteiger partial charge in [-0.2, -0.15) is 0 Å². The highest BCUT2D eigenvalue weighted by atomic mass is 16.1. The molecule has 1 aliphatic carbocycles. The molecular formula is C48H39NO2. The number of benzene rings is 7. The van der Waals surface area contributed by atoms with Gasteiger partial charge in [0.1, 0.15) is 0 Å². The maximum atomic E-state index is 13.3. The van der Waals surface area contributed by atoms with Crippen molar-refractivity contribution in [3.63, 3.8) is 0 Å². The van der Waals surface area contributed by atoms with Gasteiger partial charge in [0.15, 0.2) is 12.1 Å². The van der Waals surface area contributed by atoms with Crippen LogP contribution >= 0.6 is 0 Å². The van der Waals surface area contributed by atoms with Crippen molar-refractivity contribution in [1.82, 2.24) is 0 Å². The SMILES string of the molecule is CC(C)(C)c1ccc2cc(N(c3ccc4c(c3)CCC(/C=C/C(=O)c3cc5ccccc5cc3C=O)=C4)c3cccc4ccccc34)ccc2c1. The van der Waals surface area contributed by atoms with Crippen molar-refractivity contribution in [2.24, 2.45) is 0 Å². The summed E-state index contributed by atoms with van der Waals surface area (Å²) in [6, 6.07) is 46.8. The van der Waals surface area contributed by atoms with E-state index in [1.807, 2.05) is 36.4 Å². The smallest absolute Gasteiger partial charge is 0.186 e. The lowest BCUT2D eigenvalue weighted by Crippen LogP contribution is -2.12. The normalized spacial score (nSPS) is 13.0. The standard InChI is InChI=1S/C48H39NO2/c1-48(2,3)41-21-18-39-29-43(23-20-37(39)27-41)49(46-14-8-12-33-9-6-7-13-44(33)46)42-22-19-36-25-32(15-17-38(36)28-42)16-24-47(51)45-30-35-11-5-4-10-34(35)26-40(45)31-50/h4-14,16,18-31H,15,17H2,1-3H3/b24-16+. The number of carbonyl (C=O) groups excluding carboxylic acids is 2. The Bertz CT molecular complexity index is 2560. The monoisotopic (exact) mass is 661 g/mol. The maximum Gasteiger partial charge on any atom is 0.186 e. The number of allylic oxidation sites excluding steroid dienone is 3. The molecule has 8 rings (SSSR count). The molecule has 51 heavy (non-hydrogen) atoms. The average molecular weight is 662 g/mol. The first-order valence-corrected chi connectivity index (χ1v) is 17.6. The largest absolute Gasteiger partial charge is 0.310 e. The molecular weight excluding hydrogens is 623 g/mol. The third-order valence-electron chi connectivity index (χ3n) is 10.1. The van der Waals surface area contributed by atoms with Crippen molar-refractivity contribution in [3.05, 3.63) is 179 Å². The van der Waals surface area contributed by atoms with Gasteiger partial charge in [0, 0.05) is 27.9 Å². The first-order valence-electron chi connectivity index (χ1n) is 17.6. The van der Waals surface area contributed by atoms with E-state index in [4.69, 9.17) is 0 Å². The molecule has 0 aliphatic heterocycles. The molecule has 3 nitrogen and oxygen atoms in total. The van der Waals surface area contributed by atoms with Gasteiger partial charge in [0.25, 0.3) is 0 Å². The molecule has 0 heterocycles. The summed E-state index contributed by atoms with van der Waals surface area (Å²) in [4.78, 5) is 27.5. The molecule has 0 radical (unpaired) electrons. The molecule has 0 atom stereocenters. The summed E-state index contributed by atoms with van der Waals surface area (Å²) in [6.45, 7) is 6.77. The fourth-order valence-corrected chi connectivity index (χ4v) is 7.28. The predicted octanol–water partition coefficient (Wildman–Crippen LogP) is 12.5. The summed E-state index contributed by atoms with van der Waals surface area (Å²) in [5.41, 5.74) is 9.13. The molecule has 1 aliphatic rings. The molecule has 0 saturated carbocycles. The van der Waals surface area contributed by atoms with Crippen LogP contribution < -0.4 is 4.90 Å². The first kappa shape index (κ1) is 32.2. The van der Waals surface area contributed by atoms with E-state index in [0.717, 1.165) is 58.1 Å². The minimum atomic E-state index is -0.166. The highest BCUT2D eigenvalue weighted by molar-refractivity contribution is 6.12. The number of aldehydes is 1. The lowest BCUT2D eigenvalue weighted by Gasteiger charge is -2.28. The summed E-state index contributed by atoms with van der Waals surface area (Å²) in [5, 5.41) is 6.73. The minimum Gasteiger partial charge on any atom is -0.310 e. The van der Waals surface area contributed by atoms with Crippen LogP contribution in [0.25, 0.3) is 38.4 Å². The van der Waals surface area contributed by atoms with Gasteiger partial charge in [-0.3, -0.25) is 9.59 Å². The van der Waals surface area contributed by atoms with Gasteiger partial charge >= 0.3 is 0 Å². The second kappa shape index (κ2) is 13.0. The number of nitrogens with zero attached hydrogens (tertiary/aromatic N) is 1. The quantitative estimate of drug-likeness (QED) is 0.0969. The van der Waals surface area contributed by atoms with E-state index in [1.54, 1.807) is 12.1 Å². The Morgan fingerprint density at radius 3 is 2.12 bits per heavy atom. The van der Waals surface area contributed by atoms with Gasteiger partial charge in [-0.25, -0.2) is 0 Å². The second-order valence-electron chi connectivity index (χ2n) is 14.5. The van der Waals surface area contributed by atoms with Gasteiger partial charge in [-0.15, -0.1) is 0 Å². The van der Waals surface area contributed by atoms with Crippen LogP contribution in [0.2, 0.25) is 0 Å². The molecule has 0 bridgehead atoms. The van der Waals surface area contributed by atoms with Gasteiger partial charge in [0.05, 0.1) is 5.69 Å². The summed E-state index contributed by atoms with van der Waals surface area (Å²) in [7, 11) is 0. The van der Waals surface area contributed by atoms with E-state index >= 15 is 0 Å². The Kier molecular flexibility index (Phi) is 8.20. The third-order valence-corrected chi connectivity index (χ3v) is 10.1. The highest BCUT2D eigenvalue weighted by Crippen LogP contribution is 2.41. The predicted molar refractivity (Wildman–Crippen MR) is 214 cm³/mol. The van der Waals surface area contributed by atoms with Crippen LogP contribution in [-0.2, 0) is 11.8 Å². The number of hydrogen-bond donors (Lipinski definition) is 0. The Labute approximate surface area is 299 Å². The lowest BCUT2D eigenvalue weighted by molar-refractivity contribution is 0.103. The van der Waals surface area contributed by atoms with E-state index in [1.165, 1.54) is 32.7 Å². The molecule has 0 N–H and O–H groups in total. The van der Waals surface area contributed by atoms with Crippen LogP contribution in [0.3, 0.4) is 0 Å². The number of aryl methyl sites for hydroxylation is 1. The van der Waals surface area contributed by atoms with Crippen LogP contribution in [0.1, 0.15) is 64.6 Å². The minimum absolute atomic E-state index is 0.0851. The Morgan fingerprint density at radius 2 is 1.31 bits per heavy atom. The third kappa shape index (κ3) is 6.28. The number of ketones is 1. The van der Waals surface area contributed by atoms with Crippen LogP contribution in [0, 0.1) is 0 Å². The Hall–Kier alpha value is -6.06. The van der Waals surface area contributed by atoms with Gasteiger partial charge in [0.2, 0.25) is 0 Å². The lowest BCUT2D eigenvalue weighted by atomic mass is 9.86. The van der Waals surface area contributed by atoms with Crippen molar-refractivity contribution < 1.29 is 9.59 Å². The molecule has 0 aromatic heterocycles. The number of anilines is 3. The van der Waals surface area contributed by atoms with Crippen LogP contribution in [0.4, 0.5) is 17.1 Å². The van der Waals surface area contributed by atoms with Crippen molar-refractivity contribution in [1.29, 1.82) is 0 Å². The molecule has 0 unspecified atom stereocenters. The van der Waals surface area contributed by atoms with Gasteiger partial charge in [-0.1, -0.05) is 124 Å². The van der Waals surface area contributed by atoms with Crippen molar-refractivity contribution in [3.8, 4) is 0 Å². The van der Waals surface area contributed by atoms with E-state index < -0.39 is 0 Å². The molecule has 0 fully saturated rings. The van der Waals surface area contributed by atoms with Crippen LogP contribution in [0.5, 0.6) is 0 Å². The average Bonchev–Trinajstić information content (AvgIpc) is 3.16. The van der Waals surface area contributed by atoms with Gasteiger partial charge in [-0.05, 0) is 116 Å². The van der Waals surface area contributed by atoms with Crippen molar-refractivity contribution >= 4 is 67.5 Å². The summed E-state index contributed by atoms with van der Waals surface area (Å²) < 4.78 is 0. The zero-order valence-corrected chi connectivity index (χ0v) is 29.2. The van der Waals surface area contributed by atoms with Crippen molar-refractivity contribution in [2.45, 2.75) is 39.0 Å². The molecule has 0 saturated heterocycles. The molecule has 7 aromatic carbocycles. The summed E-state index contributed by atoms with van der Waals surface area (Å²) in [6.07, 6.45) is 8.14. The zero-order valence-electron chi connectivity index (χ0n) is 29.2. The van der Waals surface area contributed by atoms with E-state index in [2.05, 4.69) is 129 Å². The van der Waals surface area contributed by atoms with Gasteiger partial charge < -0.3 is 4.90 Å². The fourth-order valence-electron chi connectivity index (χ4n) is 7.28. The fraction of sp³-hybridized carbons (Fsp3) is 0.125. The maximum absolute atomic E-state index is 13.3. The van der Waals surface area contributed by atoms with E-state index in [0.29, 0.717) is 11.1 Å². The van der Waals surface area contributed by atoms with E-state index in [-0.39, 0.29) is 11.2 Å². The second-order valence-corrected chi connectivity index (χ2v) is 14.5. The number of hydrogen-bond acceptors (Lipinski definition) is 3. The van der Waals surface area contributed by atoms with Crippen LogP contribution in [-0.4, -0.2) is 12.1 Å². The van der Waals surface area contributed by atoms with E-state index in [9.17, 15) is 9.59 Å². The molecule has 3 heteroatoms. The first-order chi connectivity index (χ1) is 24.7. The zero-order chi connectivity index (χ0) is 35.1. The molecule has 0 spiro atoms. The topological polar surface area (TPSA) is 37.4 Å². The molecule has 248 valence electrons. The number of carbonyl (C=O) groups is 2. The number of rotatable bonds is 7. The summed E-state index contributed by atoms with van der Waals surface area (Å²) >= 11 is 0. The molecule has 0 amide bonds. The Balaban J connectivity index is 1.15. The highest BCUT2D eigenvalue weighted by Gasteiger charge is 2.20. The van der Waals surface area contributed by atoms with Crippen LogP contribution in [0.15, 0.2) is 151 Å². The molecule has 7 aromatic rings. The summed E-state index contributed by atoms with van der Waals surface area (Å²) in [5.74, 6) is -0.166.